The maximum absolute atomic E-state index is 13.7. The highest BCUT2D eigenvalue weighted by molar-refractivity contribution is 9.10. The Morgan fingerprint density at radius 2 is 1.82 bits per heavy atom. The van der Waals surface area contributed by atoms with Crippen LogP contribution in [0.3, 0.4) is 0 Å². The molecule has 0 aliphatic carbocycles. The van der Waals surface area contributed by atoms with Crippen LogP contribution >= 0.6 is 43.2 Å². The summed E-state index contributed by atoms with van der Waals surface area (Å²) in [7, 11) is 0. The fourth-order valence-corrected chi connectivity index (χ4v) is 3.40. The zero-order chi connectivity index (χ0) is 12.6. The number of rotatable bonds is 2. The Labute approximate surface area is 118 Å². The minimum atomic E-state index is -0.674. The fraction of sp³-hybridized carbons (Fsp3) is 0.0909. The van der Waals surface area contributed by atoms with E-state index in [4.69, 9.17) is 5.73 Å². The van der Waals surface area contributed by atoms with E-state index in [1.807, 2.05) is 11.4 Å². The molecule has 90 valence electrons. The third kappa shape index (κ3) is 2.59. The topological polar surface area (TPSA) is 26.0 Å². The molecule has 0 fully saturated rings. The molecule has 1 heterocycles. The van der Waals surface area contributed by atoms with Crippen molar-refractivity contribution in [1.29, 1.82) is 0 Å². The van der Waals surface area contributed by atoms with Gasteiger partial charge in [0.15, 0.2) is 0 Å². The van der Waals surface area contributed by atoms with Crippen LogP contribution in [0.4, 0.5) is 8.78 Å². The highest BCUT2D eigenvalue weighted by Crippen LogP contribution is 2.33. The van der Waals surface area contributed by atoms with E-state index in [1.165, 1.54) is 11.3 Å². The van der Waals surface area contributed by atoms with Crippen LogP contribution in [0.15, 0.2) is 32.5 Å². The van der Waals surface area contributed by atoms with Crippen molar-refractivity contribution in [1.82, 2.24) is 0 Å². The van der Waals surface area contributed by atoms with Crippen molar-refractivity contribution in [3.05, 3.63) is 54.6 Å². The summed E-state index contributed by atoms with van der Waals surface area (Å²) in [6, 6.07) is 3.36. The number of hydrogen-bond donors (Lipinski definition) is 1. The van der Waals surface area contributed by atoms with Crippen molar-refractivity contribution in [3.8, 4) is 0 Å². The van der Waals surface area contributed by atoms with Crippen molar-refractivity contribution in [2.45, 2.75) is 6.04 Å². The smallest absolute Gasteiger partial charge is 0.137 e. The first-order valence-corrected chi connectivity index (χ1v) is 7.10. The summed E-state index contributed by atoms with van der Waals surface area (Å²) < 4.78 is 28.0. The Morgan fingerprint density at radius 1 is 1.12 bits per heavy atom. The van der Waals surface area contributed by atoms with Crippen LogP contribution in [0.2, 0.25) is 0 Å². The normalized spacial score (nSPS) is 12.8. The lowest BCUT2D eigenvalue weighted by molar-refractivity contribution is 0.573. The summed E-state index contributed by atoms with van der Waals surface area (Å²) in [5.74, 6) is -1.05. The molecule has 17 heavy (non-hydrogen) atoms. The van der Waals surface area contributed by atoms with Gasteiger partial charge in [-0.15, -0.1) is 11.3 Å². The van der Waals surface area contributed by atoms with Gasteiger partial charge in [0.05, 0.1) is 10.5 Å². The summed E-state index contributed by atoms with van der Waals surface area (Å²) in [6.45, 7) is 0. The monoisotopic (exact) mass is 381 g/mol. The maximum Gasteiger partial charge on any atom is 0.137 e. The van der Waals surface area contributed by atoms with E-state index in [0.29, 0.717) is 0 Å². The van der Waals surface area contributed by atoms with Crippen LogP contribution in [0.25, 0.3) is 0 Å². The lowest BCUT2D eigenvalue weighted by Gasteiger charge is -2.12. The predicted octanol–water partition coefficient (Wildman–Crippen LogP) is 4.60. The number of halogens is 4. The summed E-state index contributed by atoms with van der Waals surface area (Å²) in [5, 5.41) is 1.84. The van der Waals surface area contributed by atoms with Crippen LogP contribution < -0.4 is 5.73 Å². The second-order valence-corrected chi connectivity index (χ2v) is 6.05. The first-order valence-electron chi connectivity index (χ1n) is 4.63. The minimum absolute atomic E-state index is 0.0937. The molecule has 0 radical (unpaired) electrons. The Kier molecular flexibility index (Phi) is 3.97. The molecule has 6 heteroatoms. The van der Waals surface area contributed by atoms with Gasteiger partial charge in [-0.05, 0) is 55.4 Å². The maximum atomic E-state index is 13.7. The van der Waals surface area contributed by atoms with Crippen LogP contribution in [0.1, 0.15) is 16.5 Å². The summed E-state index contributed by atoms with van der Waals surface area (Å²) >= 11 is 7.66. The zero-order valence-corrected chi connectivity index (χ0v) is 12.4. The molecule has 1 unspecified atom stereocenters. The molecule has 0 aliphatic rings. The van der Waals surface area contributed by atoms with E-state index in [1.54, 1.807) is 0 Å². The predicted molar refractivity (Wildman–Crippen MR) is 72.1 cm³/mol. The lowest BCUT2D eigenvalue weighted by Crippen LogP contribution is -2.13. The number of hydrogen-bond acceptors (Lipinski definition) is 2. The highest BCUT2D eigenvalue weighted by Gasteiger charge is 2.19. The van der Waals surface area contributed by atoms with Crippen LogP contribution in [0, 0.1) is 11.6 Å². The Hall–Kier alpha value is -0.300. The number of nitrogens with two attached hydrogens (primary N) is 1. The van der Waals surface area contributed by atoms with E-state index in [2.05, 4.69) is 31.9 Å². The molecule has 1 aromatic heterocycles. The lowest BCUT2D eigenvalue weighted by atomic mass is 10.1. The van der Waals surface area contributed by atoms with Gasteiger partial charge < -0.3 is 5.73 Å². The Bertz CT molecular complexity index is 556. The molecule has 0 saturated heterocycles. The third-order valence-corrected chi connectivity index (χ3v) is 4.86. The molecular weight excluding hydrogens is 376 g/mol. The van der Waals surface area contributed by atoms with E-state index in [0.717, 1.165) is 21.5 Å². The van der Waals surface area contributed by atoms with Gasteiger partial charge in [-0.2, -0.15) is 0 Å². The average molecular weight is 383 g/mol. The molecule has 2 N–H and O–H groups in total. The molecular formula is C11H7Br2F2NS. The quantitative estimate of drug-likeness (QED) is 0.754. The molecule has 0 aliphatic heterocycles. The molecule has 0 saturated carbocycles. The van der Waals surface area contributed by atoms with Gasteiger partial charge in [0.2, 0.25) is 0 Å². The van der Waals surface area contributed by atoms with Gasteiger partial charge in [0, 0.05) is 14.9 Å². The van der Waals surface area contributed by atoms with E-state index in [9.17, 15) is 8.78 Å². The van der Waals surface area contributed by atoms with Crippen molar-refractivity contribution in [2.24, 2.45) is 5.73 Å². The van der Waals surface area contributed by atoms with Crippen molar-refractivity contribution < 1.29 is 8.78 Å². The van der Waals surface area contributed by atoms with Crippen molar-refractivity contribution in [3.63, 3.8) is 0 Å². The molecule has 2 rings (SSSR count). The van der Waals surface area contributed by atoms with Crippen LogP contribution in [-0.2, 0) is 0 Å². The molecule has 0 spiro atoms. The van der Waals surface area contributed by atoms with Crippen LogP contribution in [0.5, 0.6) is 0 Å². The van der Waals surface area contributed by atoms with Gasteiger partial charge >= 0.3 is 0 Å². The van der Waals surface area contributed by atoms with Gasteiger partial charge in [-0.3, -0.25) is 0 Å². The summed E-state index contributed by atoms with van der Waals surface area (Å²) in [4.78, 5) is 0.769. The van der Waals surface area contributed by atoms with E-state index >= 15 is 0 Å². The zero-order valence-electron chi connectivity index (χ0n) is 8.38. The van der Waals surface area contributed by atoms with Gasteiger partial charge in [-0.1, -0.05) is 0 Å². The molecule has 1 atom stereocenters. The van der Waals surface area contributed by atoms with Gasteiger partial charge in [0.1, 0.15) is 11.6 Å². The molecule has 1 nitrogen and oxygen atoms in total. The largest absolute Gasteiger partial charge is 0.319 e. The van der Waals surface area contributed by atoms with Crippen LogP contribution in [-0.4, -0.2) is 0 Å². The molecule has 2 aromatic rings. The Balaban J connectivity index is 2.48. The average Bonchev–Trinajstić information content (AvgIpc) is 2.69. The molecule has 0 bridgehead atoms. The fourth-order valence-electron chi connectivity index (χ4n) is 1.44. The minimum Gasteiger partial charge on any atom is -0.319 e. The number of benzene rings is 1. The van der Waals surface area contributed by atoms with Crippen molar-refractivity contribution >= 4 is 43.2 Å². The summed E-state index contributed by atoms with van der Waals surface area (Å²) in [6.07, 6.45) is 0. The second kappa shape index (κ2) is 5.14. The third-order valence-electron chi connectivity index (χ3n) is 2.30. The van der Waals surface area contributed by atoms with E-state index in [-0.39, 0.29) is 10.0 Å². The number of thiophene rings is 1. The SMILES string of the molecule is NC(c1cc(F)c(Br)cc1F)c1sccc1Br. The van der Waals surface area contributed by atoms with E-state index < -0.39 is 17.7 Å². The Morgan fingerprint density at radius 3 is 2.41 bits per heavy atom. The second-order valence-electron chi connectivity index (χ2n) is 3.40. The highest BCUT2D eigenvalue weighted by atomic mass is 79.9. The first-order chi connectivity index (χ1) is 8.00. The summed E-state index contributed by atoms with van der Waals surface area (Å²) in [5.41, 5.74) is 6.09. The standard InChI is InChI=1S/C11H7Br2F2NS/c12-6-1-2-17-11(6)10(16)5-3-9(15)7(13)4-8(5)14/h1-4,10H,16H2. The van der Waals surface area contributed by atoms with Gasteiger partial charge in [-0.25, -0.2) is 8.78 Å². The molecule has 0 amide bonds. The van der Waals surface area contributed by atoms with Gasteiger partial charge in [0.25, 0.3) is 0 Å². The van der Waals surface area contributed by atoms with Crippen molar-refractivity contribution in [2.75, 3.05) is 0 Å². The first kappa shape index (κ1) is 13.1. The molecule has 1 aromatic carbocycles.